The summed E-state index contributed by atoms with van der Waals surface area (Å²) in [6.07, 6.45) is 6.32. The standard InChI is InChI=1S/C9H17NO/c10-7-8-2-4-9(6-8)3-1-5-11-9/h8H,1-7,10H2/t8-,9+/m1/s1. The number of hydrogen-bond donors (Lipinski definition) is 1. The summed E-state index contributed by atoms with van der Waals surface area (Å²) in [4.78, 5) is 0. The first-order valence-electron chi connectivity index (χ1n) is 4.69. The first-order chi connectivity index (χ1) is 5.35. The minimum absolute atomic E-state index is 0.282. The van der Waals surface area contributed by atoms with Crippen LogP contribution in [0.2, 0.25) is 0 Å². The van der Waals surface area contributed by atoms with Crippen molar-refractivity contribution >= 4 is 0 Å². The van der Waals surface area contributed by atoms with E-state index in [1.165, 1.54) is 32.1 Å². The molecule has 2 rings (SSSR count). The van der Waals surface area contributed by atoms with Crippen molar-refractivity contribution in [2.24, 2.45) is 11.7 Å². The van der Waals surface area contributed by atoms with Crippen molar-refractivity contribution in [2.75, 3.05) is 13.2 Å². The minimum atomic E-state index is 0.282. The van der Waals surface area contributed by atoms with Gasteiger partial charge < -0.3 is 10.5 Å². The third-order valence-electron chi connectivity index (χ3n) is 3.19. The largest absolute Gasteiger partial charge is 0.375 e. The van der Waals surface area contributed by atoms with E-state index in [1.54, 1.807) is 0 Å². The summed E-state index contributed by atoms with van der Waals surface area (Å²) in [6.45, 7) is 1.84. The van der Waals surface area contributed by atoms with Crippen molar-refractivity contribution in [3.63, 3.8) is 0 Å². The van der Waals surface area contributed by atoms with Gasteiger partial charge in [-0.1, -0.05) is 0 Å². The van der Waals surface area contributed by atoms with Crippen LogP contribution in [0.5, 0.6) is 0 Å². The van der Waals surface area contributed by atoms with Crippen molar-refractivity contribution in [3.05, 3.63) is 0 Å². The van der Waals surface area contributed by atoms with E-state index < -0.39 is 0 Å². The Morgan fingerprint density at radius 3 is 2.91 bits per heavy atom. The highest BCUT2D eigenvalue weighted by Crippen LogP contribution is 2.43. The molecule has 0 bridgehead atoms. The highest BCUT2D eigenvalue weighted by Gasteiger charge is 2.41. The molecule has 0 aromatic heterocycles. The number of nitrogens with two attached hydrogens (primary N) is 1. The maximum Gasteiger partial charge on any atom is 0.0686 e. The molecule has 1 aliphatic heterocycles. The third kappa shape index (κ3) is 1.30. The monoisotopic (exact) mass is 155 g/mol. The quantitative estimate of drug-likeness (QED) is 0.619. The Hall–Kier alpha value is -0.0800. The average Bonchev–Trinajstić information content (AvgIpc) is 2.62. The number of ether oxygens (including phenoxy) is 1. The lowest BCUT2D eigenvalue weighted by atomic mass is 9.97. The van der Waals surface area contributed by atoms with Crippen LogP contribution in [0, 0.1) is 5.92 Å². The van der Waals surface area contributed by atoms with Gasteiger partial charge in [0.15, 0.2) is 0 Å². The molecule has 1 saturated carbocycles. The first-order valence-corrected chi connectivity index (χ1v) is 4.69. The molecule has 0 aromatic carbocycles. The lowest BCUT2D eigenvalue weighted by molar-refractivity contribution is 0.00745. The number of rotatable bonds is 1. The molecule has 64 valence electrons. The SMILES string of the molecule is NC[C@@H]1CC[C@@]2(CCCO2)C1. The van der Waals surface area contributed by atoms with E-state index in [-0.39, 0.29) is 5.60 Å². The van der Waals surface area contributed by atoms with Crippen LogP contribution in [0.25, 0.3) is 0 Å². The van der Waals surface area contributed by atoms with Gasteiger partial charge in [-0.2, -0.15) is 0 Å². The van der Waals surface area contributed by atoms with Gasteiger partial charge in [-0.3, -0.25) is 0 Å². The fourth-order valence-electron chi connectivity index (χ4n) is 2.51. The van der Waals surface area contributed by atoms with Crippen molar-refractivity contribution in [1.82, 2.24) is 0 Å². The molecule has 2 N–H and O–H groups in total. The summed E-state index contributed by atoms with van der Waals surface area (Å²) in [5.41, 5.74) is 5.91. The average molecular weight is 155 g/mol. The normalized spacial score (nSPS) is 43.9. The molecule has 2 atom stereocenters. The van der Waals surface area contributed by atoms with Gasteiger partial charge in [0.25, 0.3) is 0 Å². The van der Waals surface area contributed by atoms with Gasteiger partial charge in [0.1, 0.15) is 0 Å². The summed E-state index contributed by atoms with van der Waals surface area (Å²) < 4.78 is 5.78. The summed E-state index contributed by atoms with van der Waals surface area (Å²) >= 11 is 0. The van der Waals surface area contributed by atoms with Crippen LogP contribution in [0.4, 0.5) is 0 Å². The van der Waals surface area contributed by atoms with Gasteiger partial charge in [0.05, 0.1) is 5.60 Å². The summed E-state index contributed by atoms with van der Waals surface area (Å²) in [5.74, 6) is 0.744. The summed E-state index contributed by atoms with van der Waals surface area (Å²) in [7, 11) is 0. The number of hydrogen-bond acceptors (Lipinski definition) is 2. The Balaban J connectivity index is 1.96. The molecule has 2 aliphatic rings. The van der Waals surface area contributed by atoms with Crippen molar-refractivity contribution < 1.29 is 4.74 Å². The zero-order valence-corrected chi connectivity index (χ0v) is 7.01. The van der Waals surface area contributed by atoms with Gasteiger partial charge in [0.2, 0.25) is 0 Å². The molecular weight excluding hydrogens is 138 g/mol. The lowest BCUT2D eigenvalue weighted by Gasteiger charge is -2.21. The van der Waals surface area contributed by atoms with E-state index >= 15 is 0 Å². The fourth-order valence-corrected chi connectivity index (χ4v) is 2.51. The molecule has 2 nitrogen and oxygen atoms in total. The second-order valence-electron chi connectivity index (χ2n) is 3.98. The van der Waals surface area contributed by atoms with Crippen LogP contribution in [0.1, 0.15) is 32.1 Å². The predicted octanol–water partition coefficient (Wildman–Crippen LogP) is 1.29. The molecule has 0 aromatic rings. The molecule has 0 unspecified atom stereocenters. The highest BCUT2D eigenvalue weighted by molar-refractivity contribution is 4.93. The van der Waals surface area contributed by atoms with E-state index in [1.807, 2.05) is 0 Å². The van der Waals surface area contributed by atoms with Crippen molar-refractivity contribution in [3.8, 4) is 0 Å². The van der Waals surface area contributed by atoms with Gasteiger partial charge >= 0.3 is 0 Å². The second kappa shape index (κ2) is 2.76. The van der Waals surface area contributed by atoms with E-state index in [0.29, 0.717) is 0 Å². The molecule has 11 heavy (non-hydrogen) atoms. The van der Waals surface area contributed by atoms with Gasteiger partial charge in [-0.15, -0.1) is 0 Å². The maximum absolute atomic E-state index is 5.78. The van der Waals surface area contributed by atoms with E-state index in [2.05, 4.69) is 0 Å². The van der Waals surface area contributed by atoms with Crippen molar-refractivity contribution in [2.45, 2.75) is 37.7 Å². The zero-order valence-electron chi connectivity index (χ0n) is 7.01. The lowest BCUT2D eigenvalue weighted by Crippen LogP contribution is -2.24. The van der Waals surface area contributed by atoms with E-state index in [0.717, 1.165) is 19.1 Å². The molecule has 1 heterocycles. The van der Waals surface area contributed by atoms with Crippen LogP contribution in [-0.4, -0.2) is 18.8 Å². The van der Waals surface area contributed by atoms with Gasteiger partial charge in [0, 0.05) is 6.61 Å². The van der Waals surface area contributed by atoms with Crippen LogP contribution in [-0.2, 0) is 4.74 Å². The molecule has 1 aliphatic carbocycles. The van der Waals surface area contributed by atoms with Crippen LogP contribution in [0.3, 0.4) is 0 Å². The molecule has 1 saturated heterocycles. The highest BCUT2D eigenvalue weighted by atomic mass is 16.5. The van der Waals surface area contributed by atoms with Gasteiger partial charge in [-0.25, -0.2) is 0 Å². The predicted molar refractivity (Wildman–Crippen MR) is 44.3 cm³/mol. The Morgan fingerprint density at radius 2 is 2.36 bits per heavy atom. The Kier molecular flexibility index (Phi) is 1.90. The molecule has 0 amide bonds. The van der Waals surface area contributed by atoms with Crippen LogP contribution >= 0.6 is 0 Å². The van der Waals surface area contributed by atoms with Crippen LogP contribution < -0.4 is 5.73 Å². The van der Waals surface area contributed by atoms with Crippen molar-refractivity contribution in [1.29, 1.82) is 0 Å². The Morgan fingerprint density at radius 1 is 1.45 bits per heavy atom. The molecule has 2 heteroatoms. The smallest absolute Gasteiger partial charge is 0.0686 e. The fraction of sp³-hybridized carbons (Fsp3) is 1.00. The van der Waals surface area contributed by atoms with Gasteiger partial charge in [-0.05, 0) is 44.6 Å². The van der Waals surface area contributed by atoms with E-state index in [9.17, 15) is 0 Å². The van der Waals surface area contributed by atoms with Crippen LogP contribution in [0.15, 0.2) is 0 Å². The molecular formula is C9H17NO. The third-order valence-corrected chi connectivity index (χ3v) is 3.19. The maximum atomic E-state index is 5.78. The first kappa shape index (κ1) is 7.56. The molecule has 0 radical (unpaired) electrons. The minimum Gasteiger partial charge on any atom is -0.375 e. The Labute approximate surface area is 68.1 Å². The Bertz CT molecular complexity index is 140. The summed E-state index contributed by atoms with van der Waals surface area (Å²) in [6, 6.07) is 0. The van der Waals surface area contributed by atoms with E-state index in [4.69, 9.17) is 10.5 Å². The molecule has 1 spiro atoms. The summed E-state index contributed by atoms with van der Waals surface area (Å²) in [5, 5.41) is 0. The molecule has 2 fully saturated rings. The zero-order chi connectivity index (χ0) is 7.73. The topological polar surface area (TPSA) is 35.2 Å². The second-order valence-corrected chi connectivity index (χ2v) is 3.98.